The fourth-order valence-electron chi connectivity index (χ4n) is 2.42. The van der Waals surface area contributed by atoms with Crippen LogP contribution in [-0.4, -0.2) is 20.6 Å². The number of hydrogen-bond acceptors (Lipinski definition) is 4. The number of aromatic hydroxyl groups is 1. The summed E-state index contributed by atoms with van der Waals surface area (Å²) in [6, 6.07) is 8.86. The smallest absolute Gasteiger partial charge is 0.267 e. The van der Waals surface area contributed by atoms with E-state index in [1.165, 1.54) is 42.1 Å². The Labute approximate surface area is 136 Å². The summed E-state index contributed by atoms with van der Waals surface area (Å²) < 4.78 is 14.1. The number of halogens is 1. The molecule has 24 heavy (non-hydrogen) atoms. The number of nitrogens with one attached hydrogen (secondary N) is 1. The largest absolute Gasteiger partial charge is 0.505 e. The summed E-state index contributed by atoms with van der Waals surface area (Å²) in [5.74, 6) is -1.55. The Morgan fingerprint density at radius 2 is 2.00 bits per heavy atom. The zero-order valence-corrected chi connectivity index (χ0v) is 12.8. The third kappa shape index (κ3) is 2.71. The molecule has 3 rings (SSSR count). The Kier molecular flexibility index (Phi) is 3.99. The number of carbonyl (C=O) groups is 1. The lowest BCUT2D eigenvalue weighted by atomic mass is 10.1. The monoisotopic (exact) mass is 327 g/mol. The number of pyridine rings is 2. The Balaban J connectivity index is 1.95. The number of hydrogen-bond donors (Lipinski definition) is 2. The van der Waals surface area contributed by atoms with E-state index in [1.54, 1.807) is 12.1 Å². The number of fused-ring (bicyclic) bond motifs is 1. The molecule has 0 aliphatic carbocycles. The van der Waals surface area contributed by atoms with Crippen LogP contribution in [0.25, 0.3) is 11.0 Å². The van der Waals surface area contributed by atoms with Crippen LogP contribution in [0.5, 0.6) is 5.75 Å². The quantitative estimate of drug-likeness (QED) is 0.767. The van der Waals surface area contributed by atoms with Crippen LogP contribution in [0.15, 0.2) is 47.4 Å². The van der Waals surface area contributed by atoms with Crippen molar-refractivity contribution in [2.75, 3.05) is 0 Å². The molecular weight excluding hydrogens is 313 g/mol. The Morgan fingerprint density at radius 3 is 2.71 bits per heavy atom. The van der Waals surface area contributed by atoms with Crippen LogP contribution in [0.2, 0.25) is 0 Å². The topological polar surface area (TPSA) is 84.2 Å². The lowest BCUT2D eigenvalue weighted by Gasteiger charge is -2.11. The van der Waals surface area contributed by atoms with Gasteiger partial charge in [-0.05, 0) is 29.8 Å². The molecule has 7 heteroatoms. The van der Waals surface area contributed by atoms with Crippen molar-refractivity contribution < 1.29 is 14.3 Å². The van der Waals surface area contributed by atoms with Gasteiger partial charge in [0.2, 0.25) is 0 Å². The van der Waals surface area contributed by atoms with Crippen molar-refractivity contribution in [2.45, 2.75) is 6.54 Å². The van der Waals surface area contributed by atoms with E-state index in [9.17, 15) is 19.1 Å². The molecule has 0 saturated carbocycles. The van der Waals surface area contributed by atoms with Gasteiger partial charge in [-0.3, -0.25) is 14.6 Å². The highest BCUT2D eigenvalue weighted by Crippen LogP contribution is 2.23. The average Bonchev–Trinajstić information content (AvgIpc) is 2.59. The Morgan fingerprint density at radius 1 is 1.29 bits per heavy atom. The predicted octanol–water partition coefficient (Wildman–Crippen LogP) is 1.71. The summed E-state index contributed by atoms with van der Waals surface area (Å²) in [5.41, 5.74) is 0.275. The van der Waals surface area contributed by atoms with E-state index in [1.807, 2.05) is 0 Å². The Hall–Kier alpha value is -3.22. The van der Waals surface area contributed by atoms with Gasteiger partial charge >= 0.3 is 0 Å². The van der Waals surface area contributed by atoms with Crippen molar-refractivity contribution >= 4 is 16.9 Å². The van der Waals surface area contributed by atoms with E-state index in [0.29, 0.717) is 11.1 Å². The third-order valence-corrected chi connectivity index (χ3v) is 3.72. The summed E-state index contributed by atoms with van der Waals surface area (Å²) >= 11 is 0. The van der Waals surface area contributed by atoms with E-state index in [2.05, 4.69) is 10.3 Å². The van der Waals surface area contributed by atoms with Gasteiger partial charge in [0.1, 0.15) is 16.9 Å². The zero-order valence-electron chi connectivity index (χ0n) is 12.8. The van der Waals surface area contributed by atoms with Gasteiger partial charge in [0, 0.05) is 19.8 Å². The number of benzene rings is 1. The first-order valence-corrected chi connectivity index (χ1v) is 7.18. The maximum atomic E-state index is 12.9. The van der Waals surface area contributed by atoms with Gasteiger partial charge in [0.25, 0.3) is 11.5 Å². The van der Waals surface area contributed by atoms with Crippen molar-refractivity contribution in [3.63, 3.8) is 0 Å². The van der Waals surface area contributed by atoms with E-state index in [4.69, 9.17) is 0 Å². The van der Waals surface area contributed by atoms with Gasteiger partial charge in [0.05, 0.1) is 5.52 Å². The molecule has 0 aliphatic rings. The number of nitrogens with zero attached hydrogens (tertiary/aromatic N) is 2. The second-order valence-electron chi connectivity index (χ2n) is 5.27. The molecule has 1 amide bonds. The number of aromatic nitrogens is 2. The SMILES string of the molecule is Cn1c(=O)c(C(=O)NCc2ccc(F)cc2)c(O)c2ncccc21. The van der Waals surface area contributed by atoms with Crippen LogP contribution in [0, 0.1) is 5.82 Å². The van der Waals surface area contributed by atoms with E-state index < -0.39 is 17.2 Å². The highest BCUT2D eigenvalue weighted by Gasteiger charge is 2.21. The van der Waals surface area contributed by atoms with Crippen molar-refractivity contribution in [2.24, 2.45) is 7.05 Å². The van der Waals surface area contributed by atoms with Gasteiger partial charge in [-0.1, -0.05) is 12.1 Å². The van der Waals surface area contributed by atoms with Crippen LogP contribution in [0.4, 0.5) is 4.39 Å². The van der Waals surface area contributed by atoms with Crippen LogP contribution in [-0.2, 0) is 13.6 Å². The van der Waals surface area contributed by atoms with E-state index in [-0.39, 0.29) is 23.4 Å². The summed E-state index contributed by atoms with van der Waals surface area (Å²) in [6.45, 7) is 0.0992. The van der Waals surface area contributed by atoms with E-state index in [0.717, 1.165) is 0 Å². The molecule has 0 spiro atoms. The minimum atomic E-state index is -0.718. The van der Waals surface area contributed by atoms with Crippen LogP contribution >= 0.6 is 0 Å². The summed E-state index contributed by atoms with van der Waals surface area (Å²) in [7, 11) is 1.50. The maximum absolute atomic E-state index is 12.9. The molecule has 2 heterocycles. The summed E-state index contributed by atoms with van der Waals surface area (Å²) in [4.78, 5) is 28.7. The van der Waals surface area contributed by atoms with Gasteiger partial charge in [-0.25, -0.2) is 4.39 Å². The first kappa shape index (κ1) is 15.7. The molecular formula is C17H14FN3O3. The minimum absolute atomic E-state index is 0.0992. The summed E-state index contributed by atoms with van der Waals surface area (Å²) in [6.07, 6.45) is 1.47. The van der Waals surface area contributed by atoms with Crippen molar-refractivity contribution in [1.29, 1.82) is 0 Å². The standard InChI is InChI=1S/C17H14FN3O3/c1-21-12-3-2-8-19-14(12)15(22)13(17(21)24)16(23)20-9-10-4-6-11(18)7-5-10/h2-8,22H,9H2,1H3,(H,20,23). The fourth-order valence-corrected chi connectivity index (χ4v) is 2.42. The molecule has 0 atom stereocenters. The Bertz CT molecular complexity index is 981. The molecule has 0 unspecified atom stereocenters. The minimum Gasteiger partial charge on any atom is -0.505 e. The van der Waals surface area contributed by atoms with Crippen LogP contribution in [0.1, 0.15) is 15.9 Å². The van der Waals surface area contributed by atoms with Gasteiger partial charge in [-0.2, -0.15) is 0 Å². The molecule has 2 N–H and O–H groups in total. The molecule has 6 nitrogen and oxygen atoms in total. The first-order valence-electron chi connectivity index (χ1n) is 7.18. The van der Waals surface area contributed by atoms with Gasteiger partial charge < -0.3 is 15.0 Å². The molecule has 0 aliphatic heterocycles. The molecule has 2 aromatic heterocycles. The molecule has 0 radical (unpaired) electrons. The third-order valence-electron chi connectivity index (χ3n) is 3.72. The lowest BCUT2D eigenvalue weighted by Crippen LogP contribution is -2.32. The first-order chi connectivity index (χ1) is 11.5. The predicted molar refractivity (Wildman–Crippen MR) is 86.2 cm³/mol. The maximum Gasteiger partial charge on any atom is 0.267 e. The highest BCUT2D eigenvalue weighted by molar-refractivity contribution is 6.01. The lowest BCUT2D eigenvalue weighted by molar-refractivity contribution is 0.0946. The number of carbonyl (C=O) groups excluding carboxylic acids is 1. The fraction of sp³-hybridized carbons (Fsp3) is 0.118. The number of rotatable bonds is 3. The number of amides is 1. The van der Waals surface area contributed by atoms with Gasteiger partial charge in [0.15, 0.2) is 5.75 Å². The van der Waals surface area contributed by atoms with E-state index >= 15 is 0 Å². The molecule has 3 aromatic rings. The summed E-state index contributed by atoms with van der Waals surface area (Å²) in [5, 5.41) is 12.8. The normalized spacial score (nSPS) is 10.8. The van der Waals surface area contributed by atoms with Crippen LogP contribution < -0.4 is 10.9 Å². The molecule has 1 aromatic carbocycles. The highest BCUT2D eigenvalue weighted by atomic mass is 19.1. The van der Waals surface area contributed by atoms with Crippen molar-refractivity contribution in [3.05, 3.63) is 69.9 Å². The zero-order chi connectivity index (χ0) is 17.3. The number of aryl methyl sites for hydroxylation is 1. The molecule has 122 valence electrons. The molecule has 0 fully saturated rings. The average molecular weight is 327 g/mol. The second kappa shape index (κ2) is 6.11. The molecule has 0 saturated heterocycles. The van der Waals surface area contributed by atoms with Gasteiger partial charge in [-0.15, -0.1) is 0 Å². The second-order valence-corrected chi connectivity index (χ2v) is 5.27. The molecule has 0 bridgehead atoms. The van der Waals surface area contributed by atoms with Crippen LogP contribution in [0.3, 0.4) is 0 Å². The van der Waals surface area contributed by atoms with Crippen molar-refractivity contribution in [1.82, 2.24) is 14.9 Å². The van der Waals surface area contributed by atoms with Crippen molar-refractivity contribution in [3.8, 4) is 5.75 Å².